The van der Waals surface area contributed by atoms with Gasteiger partial charge in [0.15, 0.2) is 0 Å². The Labute approximate surface area is 179 Å². The molecular weight excluding hydrogens is 398 g/mol. The molecule has 0 atom stereocenters. The molecule has 0 saturated heterocycles. The van der Waals surface area contributed by atoms with Crippen LogP contribution in [0, 0.1) is 6.92 Å². The highest BCUT2D eigenvalue weighted by Crippen LogP contribution is 2.40. The van der Waals surface area contributed by atoms with Crippen LogP contribution in [0.3, 0.4) is 0 Å². The summed E-state index contributed by atoms with van der Waals surface area (Å²) in [5.41, 5.74) is 4.02. The number of carbonyl (C=O) groups is 1. The Morgan fingerprint density at radius 2 is 2.03 bits per heavy atom. The minimum atomic E-state index is 0.189. The summed E-state index contributed by atoms with van der Waals surface area (Å²) in [6.07, 6.45) is 6.60. The van der Waals surface area contributed by atoms with E-state index < -0.39 is 0 Å². The maximum Gasteiger partial charge on any atom is 0.233 e. The first-order valence-corrected chi connectivity index (χ1v) is 11.9. The minimum absolute atomic E-state index is 0.189. The number of carbonyl (C=O) groups excluding carboxylic acids is 1. The third-order valence-corrected chi connectivity index (χ3v) is 7.83. The van der Waals surface area contributed by atoms with Crippen LogP contribution in [-0.4, -0.2) is 39.6 Å². The van der Waals surface area contributed by atoms with Crippen LogP contribution in [0.15, 0.2) is 41.4 Å². The molecule has 0 saturated carbocycles. The van der Waals surface area contributed by atoms with Gasteiger partial charge in [0.2, 0.25) is 5.91 Å². The van der Waals surface area contributed by atoms with Crippen molar-refractivity contribution in [1.29, 1.82) is 0 Å². The van der Waals surface area contributed by atoms with Gasteiger partial charge in [-0.25, -0.2) is 9.97 Å². The van der Waals surface area contributed by atoms with E-state index in [1.54, 1.807) is 11.8 Å². The summed E-state index contributed by atoms with van der Waals surface area (Å²) >= 11 is 3.38. The summed E-state index contributed by atoms with van der Waals surface area (Å²) in [6, 6.07) is 10.4. The van der Waals surface area contributed by atoms with E-state index in [0.29, 0.717) is 12.3 Å². The lowest BCUT2D eigenvalue weighted by molar-refractivity contribution is -0.127. The molecule has 6 heteroatoms. The van der Waals surface area contributed by atoms with Crippen molar-refractivity contribution in [2.24, 2.45) is 0 Å². The largest absolute Gasteiger partial charge is 0.338 e. The SMILES string of the molecule is Cc1nc(SCC(=O)N2CC=C(c3ccccc3)CC2)c2c3c(sc2n1)CCC3. The lowest BCUT2D eigenvalue weighted by atomic mass is 10.00. The highest BCUT2D eigenvalue weighted by atomic mass is 32.2. The number of aryl methyl sites for hydroxylation is 3. The first-order valence-electron chi connectivity index (χ1n) is 10.1. The molecule has 0 spiro atoms. The number of fused-ring (bicyclic) bond motifs is 3. The Morgan fingerprint density at radius 1 is 1.17 bits per heavy atom. The van der Waals surface area contributed by atoms with Crippen molar-refractivity contribution < 1.29 is 4.79 Å². The Balaban J connectivity index is 1.29. The minimum Gasteiger partial charge on any atom is -0.338 e. The predicted molar refractivity (Wildman–Crippen MR) is 121 cm³/mol. The molecule has 0 bridgehead atoms. The monoisotopic (exact) mass is 421 g/mol. The van der Waals surface area contributed by atoms with Gasteiger partial charge in [0.05, 0.1) is 5.75 Å². The van der Waals surface area contributed by atoms with Crippen LogP contribution in [0.25, 0.3) is 15.8 Å². The molecule has 1 aromatic carbocycles. The van der Waals surface area contributed by atoms with Crippen LogP contribution >= 0.6 is 23.1 Å². The molecule has 0 unspecified atom stereocenters. The van der Waals surface area contributed by atoms with Gasteiger partial charge in [-0.1, -0.05) is 48.2 Å². The average Bonchev–Trinajstić information content (AvgIpc) is 3.33. The zero-order valence-corrected chi connectivity index (χ0v) is 18.1. The fourth-order valence-corrected chi connectivity index (χ4v) is 6.57. The second-order valence-corrected chi connectivity index (χ2v) is 9.63. The average molecular weight is 422 g/mol. The molecule has 1 amide bonds. The van der Waals surface area contributed by atoms with Crippen molar-refractivity contribution in [3.63, 3.8) is 0 Å². The third kappa shape index (κ3) is 3.71. The smallest absolute Gasteiger partial charge is 0.233 e. The Bertz CT molecular complexity index is 1100. The van der Waals surface area contributed by atoms with Crippen LogP contribution in [0.2, 0.25) is 0 Å². The topological polar surface area (TPSA) is 46.1 Å². The molecule has 0 N–H and O–H groups in total. The van der Waals surface area contributed by atoms with Crippen LogP contribution < -0.4 is 0 Å². The summed E-state index contributed by atoms with van der Waals surface area (Å²) in [5, 5.41) is 2.19. The van der Waals surface area contributed by atoms with Crippen LogP contribution in [-0.2, 0) is 17.6 Å². The quantitative estimate of drug-likeness (QED) is 0.444. The van der Waals surface area contributed by atoms with Gasteiger partial charge in [0.25, 0.3) is 0 Å². The molecule has 0 fully saturated rings. The van der Waals surface area contributed by atoms with Gasteiger partial charge >= 0.3 is 0 Å². The predicted octanol–water partition coefficient (Wildman–Crippen LogP) is 4.90. The zero-order chi connectivity index (χ0) is 19.8. The number of hydrogen-bond donors (Lipinski definition) is 0. The highest BCUT2D eigenvalue weighted by Gasteiger charge is 2.23. The molecule has 5 rings (SSSR count). The Kier molecular flexibility index (Phi) is 5.14. The fourth-order valence-electron chi connectivity index (χ4n) is 4.20. The van der Waals surface area contributed by atoms with Gasteiger partial charge < -0.3 is 4.90 Å². The van der Waals surface area contributed by atoms with Crippen LogP contribution in [0.5, 0.6) is 0 Å². The summed E-state index contributed by atoms with van der Waals surface area (Å²) in [5.74, 6) is 1.42. The molecule has 0 radical (unpaired) electrons. The lowest BCUT2D eigenvalue weighted by Crippen LogP contribution is -2.35. The second kappa shape index (κ2) is 7.92. The second-order valence-electron chi connectivity index (χ2n) is 7.59. The van der Waals surface area contributed by atoms with E-state index in [4.69, 9.17) is 4.98 Å². The van der Waals surface area contributed by atoms with E-state index >= 15 is 0 Å². The molecule has 1 aliphatic heterocycles. The molecule has 2 aliphatic rings. The zero-order valence-electron chi connectivity index (χ0n) is 16.5. The van der Waals surface area contributed by atoms with Crippen molar-refractivity contribution in [3.05, 3.63) is 58.2 Å². The summed E-state index contributed by atoms with van der Waals surface area (Å²) in [6.45, 7) is 3.42. The molecule has 2 aromatic heterocycles. The molecule has 4 nitrogen and oxygen atoms in total. The van der Waals surface area contributed by atoms with E-state index in [-0.39, 0.29) is 5.91 Å². The molecule has 3 aromatic rings. The number of thioether (sulfide) groups is 1. The number of aromatic nitrogens is 2. The summed E-state index contributed by atoms with van der Waals surface area (Å²) < 4.78 is 0. The van der Waals surface area contributed by atoms with Crippen molar-refractivity contribution in [3.8, 4) is 0 Å². The standard InChI is InChI=1S/C23H23N3OS2/c1-15-24-22(21-18-8-5-9-19(18)29-23(21)25-15)28-14-20(27)26-12-10-17(11-13-26)16-6-3-2-4-7-16/h2-4,6-7,10H,5,8-9,11-14H2,1H3. The van der Waals surface area contributed by atoms with Gasteiger partial charge in [-0.05, 0) is 49.3 Å². The molecular formula is C23H23N3OS2. The molecule has 1 aliphatic carbocycles. The van der Waals surface area contributed by atoms with E-state index in [2.05, 4.69) is 35.3 Å². The van der Waals surface area contributed by atoms with E-state index in [1.807, 2.05) is 29.2 Å². The van der Waals surface area contributed by atoms with Gasteiger partial charge in [0, 0.05) is 23.4 Å². The first kappa shape index (κ1) is 18.8. The van der Waals surface area contributed by atoms with E-state index in [1.165, 1.54) is 33.4 Å². The Morgan fingerprint density at radius 3 is 2.83 bits per heavy atom. The first-order chi connectivity index (χ1) is 14.2. The van der Waals surface area contributed by atoms with Gasteiger partial charge in [-0.2, -0.15) is 0 Å². The van der Waals surface area contributed by atoms with Gasteiger partial charge in [-0.15, -0.1) is 11.3 Å². The van der Waals surface area contributed by atoms with Crippen molar-refractivity contribution in [2.75, 3.05) is 18.8 Å². The molecule has 148 valence electrons. The van der Waals surface area contributed by atoms with E-state index in [0.717, 1.165) is 41.5 Å². The van der Waals surface area contributed by atoms with E-state index in [9.17, 15) is 4.79 Å². The number of nitrogens with zero attached hydrogens (tertiary/aromatic N) is 3. The van der Waals surface area contributed by atoms with Gasteiger partial charge in [0.1, 0.15) is 15.7 Å². The van der Waals surface area contributed by atoms with Crippen LogP contribution in [0.4, 0.5) is 0 Å². The number of amides is 1. The maximum atomic E-state index is 12.8. The van der Waals surface area contributed by atoms with Crippen molar-refractivity contribution in [1.82, 2.24) is 14.9 Å². The fraction of sp³-hybridized carbons (Fsp3) is 0.348. The van der Waals surface area contributed by atoms with Crippen molar-refractivity contribution >= 4 is 44.8 Å². The van der Waals surface area contributed by atoms with Crippen LogP contribution in [0.1, 0.15) is 34.7 Å². The van der Waals surface area contributed by atoms with Crippen molar-refractivity contribution in [2.45, 2.75) is 37.6 Å². The number of thiophene rings is 1. The molecule has 29 heavy (non-hydrogen) atoms. The number of hydrogen-bond acceptors (Lipinski definition) is 5. The summed E-state index contributed by atoms with van der Waals surface area (Å²) in [4.78, 5) is 26.7. The van der Waals surface area contributed by atoms with Gasteiger partial charge in [-0.3, -0.25) is 4.79 Å². The Hall–Kier alpha value is -2.18. The third-order valence-electron chi connectivity index (χ3n) is 5.68. The number of benzene rings is 1. The lowest BCUT2D eigenvalue weighted by Gasteiger charge is -2.26. The highest BCUT2D eigenvalue weighted by molar-refractivity contribution is 8.00. The number of rotatable bonds is 4. The normalized spacial score (nSPS) is 16.2. The maximum absolute atomic E-state index is 12.8. The summed E-state index contributed by atoms with van der Waals surface area (Å²) in [7, 11) is 0. The molecule has 3 heterocycles.